The predicted octanol–water partition coefficient (Wildman–Crippen LogP) is 4.09. The summed E-state index contributed by atoms with van der Waals surface area (Å²) in [4.78, 5) is 12.9. The maximum atomic E-state index is 12.9. The van der Waals surface area contributed by atoms with E-state index in [0.717, 1.165) is 0 Å². The molecule has 138 valence electrons. The van der Waals surface area contributed by atoms with Crippen molar-refractivity contribution in [2.24, 2.45) is 0 Å². The Labute approximate surface area is 163 Å². The normalized spacial score (nSPS) is 18.0. The molecule has 8 heteroatoms. The van der Waals surface area contributed by atoms with Gasteiger partial charge in [-0.2, -0.15) is 4.31 Å². The SMILES string of the molecule is Cc1c(Cl)ccc(NC(=O)C2CCCN2S(=O)(=O)c2ccccc2)c1Cl. The molecule has 0 aromatic heterocycles. The Kier molecular flexibility index (Phi) is 5.58. The van der Waals surface area contributed by atoms with Crippen LogP contribution in [0.2, 0.25) is 10.0 Å². The van der Waals surface area contributed by atoms with Crippen molar-refractivity contribution in [2.45, 2.75) is 30.7 Å². The monoisotopic (exact) mass is 412 g/mol. The molecule has 1 aliphatic heterocycles. The van der Waals surface area contributed by atoms with Crippen LogP contribution in [0.1, 0.15) is 18.4 Å². The summed E-state index contributed by atoms with van der Waals surface area (Å²) >= 11 is 12.3. The van der Waals surface area contributed by atoms with Crippen LogP contribution in [-0.2, 0) is 14.8 Å². The molecule has 1 N–H and O–H groups in total. The number of sulfonamides is 1. The molecule has 1 amide bonds. The van der Waals surface area contributed by atoms with E-state index in [1.807, 2.05) is 0 Å². The smallest absolute Gasteiger partial charge is 0.243 e. The number of nitrogens with zero attached hydrogens (tertiary/aromatic N) is 1. The lowest BCUT2D eigenvalue weighted by molar-refractivity contribution is -0.119. The van der Waals surface area contributed by atoms with E-state index in [2.05, 4.69) is 5.32 Å². The average Bonchev–Trinajstić information content (AvgIpc) is 3.14. The maximum absolute atomic E-state index is 12.9. The van der Waals surface area contributed by atoms with Gasteiger partial charge < -0.3 is 5.32 Å². The van der Waals surface area contributed by atoms with Gasteiger partial charge in [0.15, 0.2) is 0 Å². The van der Waals surface area contributed by atoms with Gasteiger partial charge in [-0.1, -0.05) is 41.4 Å². The van der Waals surface area contributed by atoms with E-state index in [0.29, 0.717) is 40.7 Å². The van der Waals surface area contributed by atoms with Gasteiger partial charge in [-0.3, -0.25) is 4.79 Å². The minimum Gasteiger partial charge on any atom is -0.323 e. The third kappa shape index (κ3) is 3.60. The summed E-state index contributed by atoms with van der Waals surface area (Å²) in [6.45, 7) is 2.06. The van der Waals surface area contributed by atoms with Gasteiger partial charge in [-0.15, -0.1) is 0 Å². The summed E-state index contributed by atoms with van der Waals surface area (Å²) in [6.07, 6.45) is 1.08. The first-order valence-corrected chi connectivity index (χ1v) is 10.3. The Morgan fingerprint density at radius 1 is 1.15 bits per heavy atom. The minimum atomic E-state index is -3.73. The van der Waals surface area contributed by atoms with Crippen LogP contribution in [-0.4, -0.2) is 31.2 Å². The molecule has 0 spiro atoms. The fourth-order valence-corrected chi connectivity index (χ4v) is 5.09. The van der Waals surface area contributed by atoms with Crippen molar-refractivity contribution < 1.29 is 13.2 Å². The van der Waals surface area contributed by atoms with E-state index in [-0.39, 0.29) is 4.90 Å². The second-order valence-electron chi connectivity index (χ2n) is 6.11. The highest BCUT2D eigenvalue weighted by Gasteiger charge is 2.39. The molecule has 1 heterocycles. The highest BCUT2D eigenvalue weighted by Crippen LogP contribution is 2.32. The van der Waals surface area contributed by atoms with Gasteiger partial charge in [0.1, 0.15) is 6.04 Å². The molecule has 0 bridgehead atoms. The molecule has 1 unspecified atom stereocenters. The van der Waals surface area contributed by atoms with Gasteiger partial charge >= 0.3 is 0 Å². The van der Waals surface area contributed by atoms with Crippen molar-refractivity contribution >= 4 is 44.8 Å². The van der Waals surface area contributed by atoms with Crippen LogP contribution in [0.4, 0.5) is 5.69 Å². The quantitative estimate of drug-likeness (QED) is 0.821. The summed E-state index contributed by atoms with van der Waals surface area (Å²) in [5.41, 5.74) is 1.08. The van der Waals surface area contributed by atoms with E-state index in [9.17, 15) is 13.2 Å². The van der Waals surface area contributed by atoms with Crippen LogP contribution in [0.5, 0.6) is 0 Å². The molecule has 1 aliphatic rings. The van der Waals surface area contributed by atoms with Crippen molar-refractivity contribution in [3.8, 4) is 0 Å². The summed E-state index contributed by atoms with van der Waals surface area (Å²) in [5, 5.41) is 3.59. The Morgan fingerprint density at radius 2 is 1.85 bits per heavy atom. The summed E-state index contributed by atoms with van der Waals surface area (Å²) in [6, 6.07) is 10.6. The van der Waals surface area contributed by atoms with Crippen molar-refractivity contribution in [2.75, 3.05) is 11.9 Å². The molecular weight excluding hydrogens is 395 g/mol. The van der Waals surface area contributed by atoms with Gasteiger partial charge in [0.2, 0.25) is 15.9 Å². The van der Waals surface area contributed by atoms with Crippen LogP contribution < -0.4 is 5.32 Å². The van der Waals surface area contributed by atoms with Crippen molar-refractivity contribution in [3.63, 3.8) is 0 Å². The summed E-state index contributed by atoms with van der Waals surface area (Å²) in [7, 11) is -3.73. The first-order chi connectivity index (χ1) is 12.3. The Hall–Kier alpha value is -1.60. The predicted molar refractivity (Wildman–Crippen MR) is 103 cm³/mol. The number of nitrogens with one attached hydrogen (secondary N) is 1. The number of anilines is 1. The second kappa shape index (κ2) is 7.56. The van der Waals surface area contributed by atoms with Crippen LogP contribution in [0.3, 0.4) is 0 Å². The van der Waals surface area contributed by atoms with Gasteiger partial charge in [0.05, 0.1) is 15.6 Å². The third-order valence-corrected chi connectivity index (χ3v) is 7.25. The van der Waals surface area contributed by atoms with Crippen molar-refractivity contribution in [1.29, 1.82) is 0 Å². The molecule has 0 saturated carbocycles. The van der Waals surface area contributed by atoms with E-state index >= 15 is 0 Å². The summed E-state index contributed by atoms with van der Waals surface area (Å²) in [5.74, 6) is -0.398. The van der Waals surface area contributed by atoms with Crippen LogP contribution in [0.25, 0.3) is 0 Å². The molecule has 1 fully saturated rings. The van der Waals surface area contributed by atoms with Gasteiger partial charge in [0, 0.05) is 11.6 Å². The lowest BCUT2D eigenvalue weighted by Crippen LogP contribution is -2.43. The highest BCUT2D eigenvalue weighted by molar-refractivity contribution is 7.89. The van der Waals surface area contributed by atoms with Gasteiger partial charge in [0.25, 0.3) is 0 Å². The summed E-state index contributed by atoms with van der Waals surface area (Å²) < 4.78 is 27.0. The Bertz CT molecular complexity index is 933. The van der Waals surface area contributed by atoms with Crippen LogP contribution in [0.15, 0.2) is 47.4 Å². The van der Waals surface area contributed by atoms with Gasteiger partial charge in [-0.25, -0.2) is 8.42 Å². The largest absolute Gasteiger partial charge is 0.323 e. The third-order valence-electron chi connectivity index (χ3n) is 4.43. The van der Waals surface area contributed by atoms with Crippen molar-refractivity contribution in [3.05, 3.63) is 58.1 Å². The second-order valence-corrected chi connectivity index (χ2v) is 8.79. The zero-order valence-corrected chi connectivity index (χ0v) is 16.4. The molecule has 26 heavy (non-hydrogen) atoms. The number of rotatable bonds is 4. The fraction of sp³-hybridized carbons (Fsp3) is 0.278. The topological polar surface area (TPSA) is 66.5 Å². The molecule has 5 nitrogen and oxygen atoms in total. The standard InChI is InChI=1S/C18H18Cl2N2O3S/c1-12-14(19)9-10-15(17(12)20)21-18(23)16-8-5-11-22(16)26(24,25)13-6-3-2-4-7-13/h2-4,6-7,9-10,16H,5,8,11H2,1H3,(H,21,23). The number of carbonyl (C=O) groups excluding carboxylic acids is 1. The number of carbonyl (C=O) groups is 1. The lowest BCUT2D eigenvalue weighted by atomic mass is 10.2. The average molecular weight is 413 g/mol. The molecule has 0 aliphatic carbocycles. The first kappa shape index (κ1) is 19.2. The Morgan fingerprint density at radius 3 is 2.54 bits per heavy atom. The lowest BCUT2D eigenvalue weighted by Gasteiger charge is -2.23. The molecule has 2 aromatic rings. The molecule has 3 rings (SSSR count). The van der Waals surface area contributed by atoms with E-state index in [1.54, 1.807) is 37.3 Å². The number of amides is 1. The maximum Gasteiger partial charge on any atom is 0.243 e. The fourth-order valence-electron chi connectivity index (χ4n) is 2.99. The molecule has 1 atom stereocenters. The number of hydrogen-bond acceptors (Lipinski definition) is 3. The highest BCUT2D eigenvalue weighted by atomic mass is 35.5. The molecule has 2 aromatic carbocycles. The van der Waals surface area contributed by atoms with Crippen molar-refractivity contribution in [1.82, 2.24) is 4.31 Å². The zero-order chi connectivity index (χ0) is 18.9. The first-order valence-electron chi connectivity index (χ1n) is 8.14. The zero-order valence-electron chi connectivity index (χ0n) is 14.1. The van der Waals surface area contributed by atoms with E-state index in [4.69, 9.17) is 23.2 Å². The number of halogens is 2. The number of hydrogen-bond donors (Lipinski definition) is 1. The van der Waals surface area contributed by atoms with Crippen LogP contribution >= 0.6 is 23.2 Å². The van der Waals surface area contributed by atoms with Crippen LogP contribution in [0, 0.1) is 6.92 Å². The Balaban J connectivity index is 1.85. The molecule has 1 saturated heterocycles. The molecule has 0 radical (unpaired) electrons. The number of benzene rings is 2. The van der Waals surface area contributed by atoms with E-state index < -0.39 is 22.0 Å². The van der Waals surface area contributed by atoms with Gasteiger partial charge in [-0.05, 0) is 49.6 Å². The molecular formula is C18H18Cl2N2O3S. The van der Waals surface area contributed by atoms with E-state index in [1.165, 1.54) is 16.4 Å². The minimum absolute atomic E-state index is 0.181.